The van der Waals surface area contributed by atoms with E-state index in [9.17, 15) is 9.59 Å². The van der Waals surface area contributed by atoms with Crippen molar-refractivity contribution < 1.29 is 9.59 Å². The molecular formula is C14H11NO2. The number of imide groups is 1. The fourth-order valence-corrected chi connectivity index (χ4v) is 1.66. The van der Waals surface area contributed by atoms with Crippen molar-refractivity contribution in [3.63, 3.8) is 0 Å². The Labute approximate surface area is 99.7 Å². The summed E-state index contributed by atoms with van der Waals surface area (Å²) in [6.45, 7) is 3.68. The van der Waals surface area contributed by atoms with E-state index in [4.69, 9.17) is 0 Å². The van der Waals surface area contributed by atoms with Crippen LogP contribution in [-0.4, -0.2) is 23.3 Å². The zero-order valence-corrected chi connectivity index (χ0v) is 9.27. The summed E-state index contributed by atoms with van der Waals surface area (Å²) >= 11 is 0. The number of fused-ring (bicyclic) bond motifs is 1. The number of amides is 2. The highest BCUT2D eigenvalue weighted by Gasteiger charge is 2.34. The number of hydrogen-bond acceptors (Lipinski definition) is 2. The molecule has 0 fully saturated rings. The van der Waals surface area contributed by atoms with Gasteiger partial charge < -0.3 is 0 Å². The zero-order valence-electron chi connectivity index (χ0n) is 9.27. The molecular weight excluding hydrogens is 214 g/mol. The standard InChI is InChI=1S/C14H11NO2/c1-2-3-4-7-10-15-13(16)11-8-5-6-9-12(11)14(15)17/h2,5-6,8-9H,1,3,10H2. The highest BCUT2D eigenvalue weighted by atomic mass is 16.2. The van der Waals surface area contributed by atoms with Gasteiger partial charge in [-0.2, -0.15) is 0 Å². The van der Waals surface area contributed by atoms with Gasteiger partial charge in [-0.15, -0.1) is 6.58 Å². The lowest BCUT2D eigenvalue weighted by Crippen LogP contribution is -2.29. The first-order valence-corrected chi connectivity index (χ1v) is 5.27. The Balaban J connectivity index is 2.20. The van der Waals surface area contributed by atoms with Gasteiger partial charge in [0.15, 0.2) is 0 Å². The zero-order chi connectivity index (χ0) is 12.3. The smallest absolute Gasteiger partial charge is 0.262 e. The SMILES string of the molecule is C=CCC#CCN1C(=O)c2ccccc2C1=O. The Morgan fingerprint density at radius 1 is 1.12 bits per heavy atom. The summed E-state index contributed by atoms with van der Waals surface area (Å²) in [4.78, 5) is 24.9. The van der Waals surface area contributed by atoms with E-state index in [-0.39, 0.29) is 18.4 Å². The molecule has 0 aliphatic carbocycles. The molecule has 2 rings (SSSR count). The van der Waals surface area contributed by atoms with Crippen LogP contribution in [0.1, 0.15) is 27.1 Å². The first-order chi connectivity index (χ1) is 8.25. The molecule has 1 aromatic carbocycles. The van der Waals surface area contributed by atoms with E-state index in [0.29, 0.717) is 17.5 Å². The monoisotopic (exact) mass is 225 g/mol. The number of nitrogens with zero attached hydrogens (tertiary/aromatic N) is 1. The van der Waals surface area contributed by atoms with E-state index >= 15 is 0 Å². The third-order valence-electron chi connectivity index (χ3n) is 2.49. The summed E-state index contributed by atoms with van der Waals surface area (Å²) in [6, 6.07) is 6.81. The lowest BCUT2D eigenvalue weighted by Gasteiger charge is -2.08. The molecule has 0 saturated heterocycles. The van der Waals surface area contributed by atoms with Crippen LogP contribution in [0.2, 0.25) is 0 Å². The number of benzene rings is 1. The minimum absolute atomic E-state index is 0.139. The highest BCUT2D eigenvalue weighted by Crippen LogP contribution is 2.21. The van der Waals surface area contributed by atoms with Crippen LogP contribution in [0, 0.1) is 11.8 Å². The third-order valence-corrected chi connectivity index (χ3v) is 2.49. The number of hydrogen-bond donors (Lipinski definition) is 0. The fourth-order valence-electron chi connectivity index (χ4n) is 1.66. The van der Waals surface area contributed by atoms with Crippen molar-refractivity contribution in [1.29, 1.82) is 0 Å². The van der Waals surface area contributed by atoms with Crippen molar-refractivity contribution >= 4 is 11.8 Å². The van der Waals surface area contributed by atoms with Gasteiger partial charge in [-0.25, -0.2) is 0 Å². The Morgan fingerprint density at radius 2 is 1.71 bits per heavy atom. The van der Waals surface area contributed by atoms with E-state index in [1.807, 2.05) is 0 Å². The predicted molar refractivity (Wildman–Crippen MR) is 64.4 cm³/mol. The van der Waals surface area contributed by atoms with Crippen LogP contribution in [0.4, 0.5) is 0 Å². The van der Waals surface area contributed by atoms with Crippen LogP contribution in [0.15, 0.2) is 36.9 Å². The van der Waals surface area contributed by atoms with Gasteiger partial charge in [0.05, 0.1) is 17.7 Å². The number of rotatable bonds is 2. The van der Waals surface area contributed by atoms with Crippen molar-refractivity contribution in [1.82, 2.24) is 4.90 Å². The van der Waals surface area contributed by atoms with Gasteiger partial charge in [-0.1, -0.05) is 30.0 Å². The topological polar surface area (TPSA) is 37.4 Å². The average Bonchev–Trinajstić information content (AvgIpc) is 2.60. The van der Waals surface area contributed by atoms with Crippen LogP contribution in [0.5, 0.6) is 0 Å². The van der Waals surface area contributed by atoms with Crippen LogP contribution in [0.25, 0.3) is 0 Å². The van der Waals surface area contributed by atoms with Crippen LogP contribution < -0.4 is 0 Å². The molecule has 0 radical (unpaired) electrons. The molecule has 1 aromatic rings. The first-order valence-electron chi connectivity index (χ1n) is 5.27. The van der Waals surface area contributed by atoms with E-state index in [1.165, 1.54) is 4.90 Å². The fraction of sp³-hybridized carbons (Fsp3) is 0.143. The van der Waals surface area contributed by atoms with Crippen molar-refractivity contribution in [2.75, 3.05) is 6.54 Å². The van der Waals surface area contributed by atoms with Gasteiger partial charge in [0.2, 0.25) is 0 Å². The molecule has 0 atom stereocenters. The lowest BCUT2D eigenvalue weighted by atomic mass is 10.1. The minimum Gasteiger partial charge on any atom is -0.269 e. The van der Waals surface area contributed by atoms with Gasteiger partial charge in [0.25, 0.3) is 11.8 Å². The molecule has 17 heavy (non-hydrogen) atoms. The average molecular weight is 225 g/mol. The van der Waals surface area contributed by atoms with Crippen molar-refractivity contribution in [2.24, 2.45) is 0 Å². The summed E-state index contributed by atoms with van der Waals surface area (Å²) < 4.78 is 0. The van der Waals surface area contributed by atoms with Gasteiger partial charge >= 0.3 is 0 Å². The first kappa shape index (κ1) is 11.2. The number of carbonyl (C=O) groups excluding carboxylic acids is 2. The lowest BCUT2D eigenvalue weighted by molar-refractivity contribution is 0.0675. The molecule has 3 nitrogen and oxygen atoms in total. The molecule has 2 amide bonds. The third kappa shape index (κ3) is 1.98. The van der Waals surface area contributed by atoms with Crippen LogP contribution in [-0.2, 0) is 0 Å². The van der Waals surface area contributed by atoms with E-state index in [0.717, 1.165) is 0 Å². The maximum absolute atomic E-state index is 11.9. The number of allylic oxidation sites excluding steroid dienone is 1. The molecule has 84 valence electrons. The Kier molecular flexibility index (Phi) is 3.06. The molecule has 0 bridgehead atoms. The molecule has 1 aliphatic heterocycles. The van der Waals surface area contributed by atoms with E-state index in [2.05, 4.69) is 18.4 Å². The summed E-state index contributed by atoms with van der Waals surface area (Å²) in [5, 5.41) is 0. The van der Waals surface area contributed by atoms with Crippen LogP contribution in [0.3, 0.4) is 0 Å². The molecule has 0 aromatic heterocycles. The summed E-state index contributed by atoms with van der Waals surface area (Å²) in [5.41, 5.74) is 0.922. The Bertz CT molecular complexity index is 514. The van der Waals surface area contributed by atoms with Crippen molar-refractivity contribution in [3.8, 4) is 11.8 Å². The van der Waals surface area contributed by atoms with Crippen LogP contribution >= 0.6 is 0 Å². The Hall–Kier alpha value is -2.34. The maximum atomic E-state index is 11.9. The number of carbonyl (C=O) groups is 2. The molecule has 0 unspecified atom stereocenters. The van der Waals surface area contributed by atoms with Gasteiger partial charge in [-0.05, 0) is 12.1 Å². The van der Waals surface area contributed by atoms with Gasteiger partial charge in [-0.3, -0.25) is 14.5 Å². The predicted octanol–water partition coefficient (Wildman–Crippen LogP) is 1.86. The molecule has 1 aliphatic rings. The second-order valence-corrected chi connectivity index (χ2v) is 3.59. The van der Waals surface area contributed by atoms with Crippen molar-refractivity contribution in [2.45, 2.75) is 6.42 Å². The van der Waals surface area contributed by atoms with E-state index < -0.39 is 0 Å². The maximum Gasteiger partial charge on any atom is 0.262 e. The van der Waals surface area contributed by atoms with Gasteiger partial charge in [0, 0.05) is 6.42 Å². The molecule has 1 heterocycles. The second kappa shape index (κ2) is 4.67. The van der Waals surface area contributed by atoms with Crippen molar-refractivity contribution in [3.05, 3.63) is 48.0 Å². The summed E-state index contributed by atoms with van der Waals surface area (Å²) in [5.74, 6) is 5.07. The molecule has 0 saturated carbocycles. The normalized spacial score (nSPS) is 13.1. The summed E-state index contributed by atoms with van der Waals surface area (Å²) in [6.07, 6.45) is 2.23. The largest absolute Gasteiger partial charge is 0.269 e. The van der Waals surface area contributed by atoms with Gasteiger partial charge in [0.1, 0.15) is 0 Å². The highest BCUT2D eigenvalue weighted by molar-refractivity contribution is 6.21. The summed E-state index contributed by atoms with van der Waals surface area (Å²) in [7, 11) is 0. The quantitative estimate of drug-likeness (QED) is 0.437. The molecule has 0 N–H and O–H groups in total. The molecule has 3 heteroatoms. The second-order valence-electron chi connectivity index (χ2n) is 3.59. The Morgan fingerprint density at radius 3 is 2.24 bits per heavy atom. The van der Waals surface area contributed by atoms with E-state index in [1.54, 1.807) is 30.3 Å². The molecule has 0 spiro atoms. The minimum atomic E-state index is -0.265.